The van der Waals surface area contributed by atoms with E-state index in [1.807, 2.05) is 19.9 Å². The van der Waals surface area contributed by atoms with Crippen molar-refractivity contribution in [2.75, 3.05) is 20.3 Å². The Morgan fingerprint density at radius 2 is 2.04 bits per heavy atom. The molecule has 26 heavy (non-hydrogen) atoms. The molecule has 5 nitrogen and oxygen atoms in total. The number of carbonyl (C=O) groups is 2. The lowest BCUT2D eigenvalue weighted by atomic mass is 9.86. The Morgan fingerprint density at radius 1 is 1.27 bits per heavy atom. The van der Waals surface area contributed by atoms with Crippen molar-refractivity contribution >= 4 is 11.8 Å². The fraction of sp³-hybridized carbons (Fsp3) is 0.714. The molecule has 2 bridgehead atoms. The van der Waals surface area contributed by atoms with Crippen molar-refractivity contribution in [3.63, 3.8) is 0 Å². The van der Waals surface area contributed by atoms with Crippen molar-refractivity contribution in [2.45, 2.75) is 58.9 Å². The Morgan fingerprint density at radius 3 is 2.65 bits per heavy atom. The smallest absolute Gasteiger partial charge is 0.306 e. The van der Waals surface area contributed by atoms with Gasteiger partial charge in [-0.25, -0.2) is 0 Å². The lowest BCUT2D eigenvalue weighted by Gasteiger charge is -2.20. The third kappa shape index (κ3) is 3.88. The molecule has 2 fully saturated rings. The lowest BCUT2D eigenvalue weighted by Crippen LogP contribution is -2.20. The zero-order valence-corrected chi connectivity index (χ0v) is 16.4. The van der Waals surface area contributed by atoms with Crippen LogP contribution in [0.4, 0.5) is 0 Å². The molecule has 0 aromatic carbocycles. The summed E-state index contributed by atoms with van der Waals surface area (Å²) in [5.41, 5.74) is 2.56. The molecule has 4 atom stereocenters. The first-order chi connectivity index (χ1) is 12.4. The van der Waals surface area contributed by atoms with Gasteiger partial charge in [-0.15, -0.1) is 0 Å². The molecule has 0 radical (unpaired) electrons. The minimum Gasteiger partial charge on any atom is -0.457 e. The van der Waals surface area contributed by atoms with Gasteiger partial charge in [-0.05, 0) is 63.9 Å². The van der Waals surface area contributed by atoms with Crippen LogP contribution in [0.5, 0.6) is 0 Å². The fourth-order valence-electron chi connectivity index (χ4n) is 5.18. The normalized spacial score (nSPS) is 25.5. The van der Waals surface area contributed by atoms with Crippen molar-refractivity contribution < 1.29 is 19.1 Å². The molecule has 0 aliphatic heterocycles. The second-order valence-corrected chi connectivity index (χ2v) is 8.18. The van der Waals surface area contributed by atoms with Crippen LogP contribution in [0.25, 0.3) is 0 Å². The number of ketones is 1. The molecule has 144 valence electrons. The number of aromatic nitrogens is 1. The Labute approximate surface area is 156 Å². The van der Waals surface area contributed by atoms with Gasteiger partial charge in [0.2, 0.25) is 5.78 Å². The van der Waals surface area contributed by atoms with Gasteiger partial charge < -0.3 is 14.0 Å². The minimum atomic E-state index is -0.225. The van der Waals surface area contributed by atoms with Gasteiger partial charge in [-0.2, -0.15) is 0 Å². The van der Waals surface area contributed by atoms with Crippen LogP contribution in [0.2, 0.25) is 0 Å². The second kappa shape index (κ2) is 7.95. The van der Waals surface area contributed by atoms with Gasteiger partial charge in [-0.3, -0.25) is 9.59 Å². The van der Waals surface area contributed by atoms with Crippen LogP contribution < -0.4 is 0 Å². The van der Waals surface area contributed by atoms with Crippen molar-refractivity contribution in [1.82, 2.24) is 4.57 Å². The topological polar surface area (TPSA) is 57.5 Å². The Balaban J connectivity index is 1.55. The Kier molecular flexibility index (Phi) is 5.86. The number of hydrogen-bond donors (Lipinski definition) is 0. The Bertz CT molecular complexity index is 678. The summed E-state index contributed by atoms with van der Waals surface area (Å²) in [6, 6.07) is 2.04. The highest BCUT2D eigenvalue weighted by Gasteiger charge is 2.40. The number of carbonyl (C=O) groups excluding carboxylic acids is 2. The van der Waals surface area contributed by atoms with Gasteiger partial charge in [0.05, 0.1) is 12.6 Å². The number of rotatable bonds is 8. The van der Waals surface area contributed by atoms with E-state index in [0.717, 1.165) is 23.7 Å². The molecule has 2 aliphatic carbocycles. The highest BCUT2D eigenvalue weighted by atomic mass is 16.5. The number of Topliss-reactive ketones (excluding diaryl/α,β-unsaturated/α-hetero) is 1. The van der Waals surface area contributed by atoms with E-state index in [1.54, 1.807) is 7.11 Å². The molecule has 5 heteroatoms. The monoisotopic (exact) mass is 361 g/mol. The lowest BCUT2D eigenvalue weighted by molar-refractivity contribution is -0.144. The van der Waals surface area contributed by atoms with E-state index < -0.39 is 0 Å². The minimum absolute atomic E-state index is 0.129. The SMILES string of the molecule is COCC(C)n1c(C)cc(C(=O)COC(=O)CC2CC3CCC2C3)c1C. The van der Waals surface area contributed by atoms with Gasteiger partial charge in [0.1, 0.15) is 0 Å². The number of fused-ring (bicyclic) bond motifs is 2. The molecule has 3 rings (SSSR count). The molecule has 0 amide bonds. The van der Waals surface area contributed by atoms with E-state index in [0.29, 0.717) is 30.4 Å². The van der Waals surface area contributed by atoms with Gasteiger partial charge in [0.25, 0.3) is 0 Å². The number of esters is 1. The van der Waals surface area contributed by atoms with Crippen LogP contribution in [0, 0.1) is 31.6 Å². The molecule has 0 spiro atoms. The molecular formula is C21H31NO4. The van der Waals surface area contributed by atoms with Gasteiger partial charge in [0.15, 0.2) is 6.61 Å². The maximum Gasteiger partial charge on any atom is 0.306 e. The van der Waals surface area contributed by atoms with Crippen molar-refractivity contribution in [3.8, 4) is 0 Å². The first kappa shape index (κ1) is 19.2. The third-order valence-electron chi connectivity index (χ3n) is 6.31. The van der Waals surface area contributed by atoms with E-state index in [9.17, 15) is 9.59 Å². The molecule has 0 N–H and O–H groups in total. The second-order valence-electron chi connectivity index (χ2n) is 8.18. The predicted octanol–water partition coefficient (Wildman–Crippen LogP) is 3.86. The average Bonchev–Trinajstić information content (AvgIpc) is 3.27. The van der Waals surface area contributed by atoms with Crippen LogP contribution >= 0.6 is 0 Å². The average molecular weight is 361 g/mol. The fourth-order valence-corrected chi connectivity index (χ4v) is 5.18. The maximum absolute atomic E-state index is 12.6. The number of aryl methyl sites for hydroxylation is 1. The highest BCUT2D eigenvalue weighted by molar-refractivity contribution is 5.99. The number of hydrogen-bond acceptors (Lipinski definition) is 4. The number of methoxy groups -OCH3 is 1. The number of nitrogens with zero attached hydrogens (tertiary/aromatic N) is 1. The first-order valence-electron chi connectivity index (χ1n) is 9.76. The van der Waals surface area contributed by atoms with Crippen LogP contribution in [0.1, 0.15) is 66.8 Å². The zero-order valence-electron chi connectivity index (χ0n) is 16.4. The molecule has 1 heterocycles. The first-order valence-corrected chi connectivity index (χ1v) is 9.76. The van der Waals surface area contributed by atoms with E-state index in [4.69, 9.17) is 9.47 Å². The van der Waals surface area contributed by atoms with E-state index in [1.165, 1.54) is 19.3 Å². The van der Waals surface area contributed by atoms with E-state index >= 15 is 0 Å². The predicted molar refractivity (Wildman–Crippen MR) is 99.3 cm³/mol. The van der Waals surface area contributed by atoms with E-state index in [2.05, 4.69) is 11.5 Å². The van der Waals surface area contributed by atoms with Gasteiger partial charge in [0, 0.05) is 30.5 Å². The third-order valence-corrected chi connectivity index (χ3v) is 6.31. The molecule has 1 aromatic rings. The van der Waals surface area contributed by atoms with Crippen LogP contribution in [-0.4, -0.2) is 36.6 Å². The molecule has 2 aliphatic rings. The summed E-state index contributed by atoms with van der Waals surface area (Å²) in [6.45, 7) is 6.40. The maximum atomic E-state index is 12.6. The summed E-state index contributed by atoms with van der Waals surface area (Å²) in [6.07, 6.45) is 5.49. The summed E-state index contributed by atoms with van der Waals surface area (Å²) in [5.74, 6) is 1.63. The zero-order chi connectivity index (χ0) is 18.8. The Hall–Kier alpha value is -1.62. The van der Waals surface area contributed by atoms with Crippen LogP contribution in [0.15, 0.2) is 6.07 Å². The van der Waals surface area contributed by atoms with Crippen molar-refractivity contribution in [3.05, 3.63) is 23.0 Å². The van der Waals surface area contributed by atoms with Crippen LogP contribution in [0.3, 0.4) is 0 Å². The quantitative estimate of drug-likeness (QED) is 0.521. The summed E-state index contributed by atoms with van der Waals surface area (Å²) in [4.78, 5) is 24.7. The van der Waals surface area contributed by atoms with Gasteiger partial charge >= 0.3 is 5.97 Å². The summed E-state index contributed by atoms with van der Waals surface area (Å²) < 4.78 is 12.6. The highest BCUT2D eigenvalue weighted by Crippen LogP contribution is 2.49. The number of ether oxygens (including phenoxy) is 2. The molecule has 0 saturated heterocycles. The molecule has 2 saturated carbocycles. The molecule has 4 unspecified atom stereocenters. The summed E-state index contributed by atoms with van der Waals surface area (Å²) in [7, 11) is 1.67. The summed E-state index contributed by atoms with van der Waals surface area (Å²) in [5, 5.41) is 0. The van der Waals surface area contributed by atoms with Crippen molar-refractivity contribution in [2.24, 2.45) is 17.8 Å². The standard InChI is InChI=1S/C21H31NO4/c1-13-7-19(15(3)22(13)14(2)11-25-4)20(23)12-26-21(24)10-18-9-16-5-6-17(18)8-16/h7,14,16-18H,5-6,8-12H2,1-4H3. The molecular weight excluding hydrogens is 330 g/mol. The molecule has 1 aromatic heterocycles. The largest absolute Gasteiger partial charge is 0.457 e. The van der Waals surface area contributed by atoms with Crippen molar-refractivity contribution in [1.29, 1.82) is 0 Å². The van der Waals surface area contributed by atoms with Crippen LogP contribution in [-0.2, 0) is 14.3 Å². The van der Waals surface area contributed by atoms with Gasteiger partial charge in [-0.1, -0.05) is 6.42 Å². The van der Waals surface area contributed by atoms with E-state index in [-0.39, 0.29) is 24.4 Å². The summed E-state index contributed by atoms with van der Waals surface area (Å²) >= 11 is 0.